The van der Waals surface area contributed by atoms with Gasteiger partial charge >= 0.3 is 0 Å². The van der Waals surface area contributed by atoms with Gasteiger partial charge in [-0.3, -0.25) is 4.79 Å². The van der Waals surface area contributed by atoms with Gasteiger partial charge in [-0.15, -0.1) is 0 Å². The fourth-order valence-corrected chi connectivity index (χ4v) is 3.22. The summed E-state index contributed by atoms with van der Waals surface area (Å²) in [5.74, 6) is 0.808. The molecule has 2 heterocycles. The fraction of sp³-hybridized carbons (Fsp3) is 0.471. The van der Waals surface area contributed by atoms with Gasteiger partial charge in [0.25, 0.3) is 5.91 Å². The van der Waals surface area contributed by atoms with Crippen LogP contribution in [-0.4, -0.2) is 37.1 Å². The number of rotatable bonds is 2. The monoisotopic (exact) mass is 365 g/mol. The molecule has 0 N–H and O–H groups in total. The molecule has 1 aromatic rings. The Balaban J connectivity index is 1.61. The molecular weight excluding hydrogens is 346 g/mol. The van der Waals surface area contributed by atoms with Crippen molar-refractivity contribution in [3.05, 3.63) is 45.8 Å². The van der Waals surface area contributed by atoms with Crippen LogP contribution in [0.15, 0.2) is 34.7 Å². The van der Waals surface area contributed by atoms with Crippen molar-refractivity contribution in [1.29, 1.82) is 0 Å². The van der Waals surface area contributed by atoms with Gasteiger partial charge in [-0.05, 0) is 42.9 Å². The van der Waals surface area contributed by atoms with Gasteiger partial charge in [-0.25, -0.2) is 0 Å². The van der Waals surface area contributed by atoms with E-state index in [-0.39, 0.29) is 5.91 Å². The van der Waals surface area contributed by atoms with Gasteiger partial charge < -0.3 is 14.4 Å². The second kappa shape index (κ2) is 6.73. The standard InChI is InChI=1S/C17H20BrNO3/c1-12-10-14(2-3-15(12)18)13-4-6-19(7-5-13)17(20)16-11-21-8-9-22-16/h2-3,10-11,13H,4-9H2,1H3. The highest BCUT2D eigenvalue weighted by atomic mass is 79.9. The highest BCUT2D eigenvalue weighted by Gasteiger charge is 2.27. The molecule has 2 aliphatic rings. The normalized spacial score (nSPS) is 19.2. The second-order valence-electron chi connectivity index (χ2n) is 5.78. The van der Waals surface area contributed by atoms with E-state index in [9.17, 15) is 4.79 Å². The maximum absolute atomic E-state index is 12.3. The third-order valence-electron chi connectivity index (χ3n) is 4.30. The van der Waals surface area contributed by atoms with E-state index in [0.29, 0.717) is 24.9 Å². The summed E-state index contributed by atoms with van der Waals surface area (Å²) in [5, 5.41) is 0. The lowest BCUT2D eigenvalue weighted by Gasteiger charge is -2.33. The first-order valence-electron chi connectivity index (χ1n) is 7.65. The fourth-order valence-electron chi connectivity index (χ4n) is 2.97. The van der Waals surface area contributed by atoms with Crippen LogP contribution in [-0.2, 0) is 14.3 Å². The summed E-state index contributed by atoms with van der Waals surface area (Å²) in [6, 6.07) is 6.53. The minimum atomic E-state index is -0.0508. The Morgan fingerprint density at radius 1 is 1.27 bits per heavy atom. The number of nitrogens with zero attached hydrogens (tertiary/aromatic N) is 1. The molecule has 118 valence electrons. The number of amides is 1. The molecule has 0 radical (unpaired) electrons. The molecule has 4 nitrogen and oxygen atoms in total. The molecule has 1 amide bonds. The Kier molecular flexibility index (Phi) is 4.71. The molecular formula is C17H20BrNO3. The molecule has 0 bridgehead atoms. The van der Waals surface area contributed by atoms with Crippen molar-refractivity contribution in [2.75, 3.05) is 26.3 Å². The van der Waals surface area contributed by atoms with Crippen molar-refractivity contribution in [3.8, 4) is 0 Å². The van der Waals surface area contributed by atoms with Crippen LogP contribution in [0.3, 0.4) is 0 Å². The minimum absolute atomic E-state index is 0.0508. The van der Waals surface area contributed by atoms with E-state index in [4.69, 9.17) is 9.47 Å². The van der Waals surface area contributed by atoms with Crippen LogP contribution in [0.2, 0.25) is 0 Å². The molecule has 0 spiro atoms. The quantitative estimate of drug-likeness (QED) is 0.806. The molecule has 1 saturated heterocycles. The largest absolute Gasteiger partial charge is 0.494 e. The third kappa shape index (κ3) is 3.29. The van der Waals surface area contributed by atoms with E-state index >= 15 is 0 Å². The third-order valence-corrected chi connectivity index (χ3v) is 5.19. The summed E-state index contributed by atoms with van der Waals surface area (Å²) in [7, 11) is 0. The van der Waals surface area contributed by atoms with Gasteiger partial charge in [0.15, 0.2) is 0 Å². The predicted octanol–water partition coefficient (Wildman–Crippen LogP) is 3.35. The molecule has 0 saturated carbocycles. The van der Waals surface area contributed by atoms with Gasteiger partial charge in [0.05, 0.1) is 0 Å². The van der Waals surface area contributed by atoms with E-state index in [1.165, 1.54) is 17.4 Å². The Hall–Kier alpha value is -1.49. The van der Waals surface area contributed by atoms with E-state index in [0.717, 1.165) is 30.4 Å². The zero-order valence-electron chi connectivity index (χ0n) is 12.7. The zero-order chi connectivity index (χ0) is 15.5. The molecule has 0 unspecified atom stereocenters. The number of ether oxygens (including phenoxy) is 2. The highest BCUT2D eigenvalue weighted by Crippen LogP contribution is 2.31. The van der Waals surface area contributed by atoms with Crippen molar-refractivity contribution >= 4 is 21.8 Å². The maximum atomic E-state index is 12.3. The molecule has 1 fully saturated rings. The lowest BCUT2D eigenvalue weighted by Crippen LogP contribution is -2.39. The molecule has 22 heavy (non-hydrogen) atoms. The number of halogens is 1. The van der Waals surface area contributed by atoms with E-state index in [1.54, 1.807) is 0 Å². The summed E-state index contributed by atoms with van der Waals surface area (Å²) in [6.07, 6.45) is 3.41. The summed E-state index contributed by atoms with van der Waals surface area (Å²) in [4.78, 5) is 14.2. The Bertz CT molecular complexity index is 592. The van der Waals surface area contributed by atoms with Gasteiger partial charge in [0.1, 0.15) is 19.5 Å². The van der Waals surface area contributed by atoms with Crippen molar-refractivity contribution in [2.24, 2.45) is 0 Å². The molecule has 3 rings (SSSR count). The van der Waals surface area contributed by atoms with Crippen LogP contribution < -0.4 is 0 Å². The minimum Gasteiger partial charge on any atom is -0.494 e. The molecule has 5 heteroatoms. The van der Waals surface area contributed by atoms with Crippen molar-refractivity contribution in [3.63, 3.8) is 0 Å². The van der Waals surface area contributed by atoms with Crippen LogP contribution >= 0.6 is 15.9 Å². The number of carbonyl (C=O) groups is 1. The number of likely N-dealkylation sites (tertiary alicyclic amines) is 1. The summed E-state index contributed by atoms with van der Waals surface area (Å²) >= 11 is 3.54. The first-order valence-corrected chi connectivity index (χ1v) is 8.44. The number of carbonyl (C=O) groups excluding carboxylic acids is 1. The number of benzene rings is 1. The van der Waals surface area contributed by atoms with Gasteiger partial charge in [0.2, 0.25) is 5.76 Å². The van der Waals surface area contributed by atoms with Crippen molar-refractivity contribution < 1.29 is 14.3 Å². The zero-order valence-corrected chi connectivity index (χ0v) is 14.3. The topological polar surface area (TPSA) is 38.8 Å². The lowest BCUT2D eigenvalue weighted by atomic mass is 9.88. The van der Waals surface area contributed by atoms with E-state index < -0.39 is 0 Å². The Morgan fingerprint density at radius 3 is 2.68 bits per heavy atom. The van der Waals surface area contributed by atoms with E-state index in [2.05, 4.69) is 41.1 Å². The number of aryl methyl sites for hydroxylation is 1. The van der Waals surface area contributed by atoms with Gasteiger partial charge in [0, 0.05) is 17.6 Å². The Morgan fingerprint density at radius 2 is 2.05 bits per heavy atom. The predicted molar refractivity (Wildman–Crippen MR) is 87.4 cm³/mol. The molecule has 2 aliphatic heterocycles. The number of hydrogen-bond acceptors (Lipinski definition) is 3. The molecule has 0 aromatic heterocycles. The van der Waals surface area contributed by atoms with Crippen LogP contribution in [0.4, 0.5) is 0 Å². The Labute approximate surface area is 139 Å². The summed E-state index contributed by atoms with van der Waals surface area (Å²) in [6.45, 7) is 4.60. The van der Waals surface area contributed by atoms with Crippen LogP contribution in [0.25, 0.3) is 0 Å². The maximum Gasteiger partial charge on any atom is 0.292 e. The first-order chi connectivity index (χ1) is 10.6. The van der Waals surface area contributed by atoms with Gasteiger partial charge in [-0.2, -0.15) is 0 Å². The number of hydrogen-bond donors (Lipinski definition) is 0. The van der Waals surface area contributed by atoms with Crippen LogP contribution in [0.1, 0.15) is 29.9 Å². The van der Waals surface area contributed by atoms with Crippen LogP contribution in [0.5, 0.6) is 0 Å². The number of piperidine rings is 1. The summed E-state index contributed by atoms with van der Waals surface area (Å²) < 4.78 is 11.7. The molecule has 0 aliphatic carbocycles. The highest BCUT2D eigenvalue weighted by molar-refractivity contribution is 9.10. The van der Waals surface area contributed by atoms with Crippen molar-refractivity contribution in [1.82, 2.24) is 4.90 Å². The second-order valence-corrected chi connectivity index (χ2v) is 6.63. The lowest BCUT2D eigenvalue weighted by molar-refractivity contribution is -0.133. The first kappa shape index (κ1) is 15.4. The molecule has 0 atom stereocenters. The summed E-state index contributed by atoms with van der Waals surface area (Å²) in [5.41, 5.74) is 2.62. The average Bonchev–Trinajstić information content (AvgIpc) is 2.58. The van der Waals surface area contributed by atoms with Crippen LogP contribution in [0, 0.1) is 6.92 Å². The smallest absolute Gasteiger partial charge is 0.292 e. The van der Waals surface area contributed by atoms with Crippen molar-refractivity contribution in [2.45, 2.75) is 25.7 Å². The average molecular weight is 366 g/mol. The SMILES string of the molecule is Cc1cc(C2CCN(C(=O)C3=COCCO3)CC2)ccc1Br. The van der Waals surface area contributed by atoms with E-state index in [1.807, 2.05) is 4.90 Å². The van der Waals surface area contributed by atoms with Gasteiger partial charge in [-0.1, -0.05) is 28.1 Å². The molecule has 1 aromatic carbocycles.